The van der Waals surface area contributed by atoms with E-state index in [0.717, 1.165) is 13.0 Å². The van der Waals surface area contributed by atoms with Gasteiger partial charge in [0.2, 0.25) is 0 Å². The zero-order chi connectivity index (χ0) is 9.23. The molecule has 0 amide bonds. The third kappa shape index (κ3) is 8.54. The first kappa shape index (κ1) is 12.4. The molecule has 0 bridgehead atoms. The summed E-state index contributed by atoms with van der Waals surface area (Å²) in [6.07, 6.45) is 7.86. The third-order valence-electron chi connectivity index (χ3n) is 1.88. The van der Waals surface area contributed by atoms with Gasteiger partial charge >= 0.3 is 0 Å². The molecule has 0 aliphatic heterocycles. The van der Waals surface area contributed by atoms with Crippen LogP contribution in [0.25, 0.3) is 0 Å². The van der Waals surface area contributed by atoms with E-state index in [-0.39, 0.29) is 5.01 Å². The normalized spacial score (nSPS) is 13.2. The Balaban J connectivity index is 2.97. The molecular weight excluding hydrogens is 216 g/mol. The molecule has 1 atom stereocenters. The van der Waals surface area contributed by atoms with Crippen molar-refractivity contribution in [3.05, 3.63) is 0 Å². The van der Waals surface area contributed by atoms with Crippen LogP contribution in [-0.4, -0.2) is 11.6 Å². The van der Waals surface area contributed by atoms with Gasteiger partial charge in [0.05, 0.1) is 0 Å². The van der Waals surface area contributed by atoms with Gasteiger partial charge in [0.15, 0.2) is 0 Å². The molecule has 0 fully saturated rings. The summed E-state index contributed by atoms with van der Waals surface area (Å²) < 4.78 is 5.37. The summed E-state index contributed by atoms with van der Waals surface area (Å²) in [6.45, 7) is 5.09. The first-order valence-electron chi connectivity index (χ1n) is 5.07. The highest BCUT2D eigenvalue weighted by Crippen LogP contribution is 2.13. The van der Waals surface area contributed by atoms with Crippen molar-refractivity contribution >= 4 is 15.9 Å². The van der Waals surface area contributed by atoms with E-state index in [9.17, 15) is 0 Å². The number of rotatable bonds is 8. The summed E-state index contributed by atoms with van der Waals surface area (Å²) in [5.74, 6) is 0. The second-order valence-corrected chi connectivity index (χ2v) is 4.09. The van der Waals surface area contributed by atoms with Gasteiger partial charge in [-0.3, -0.25) is 0 Å². The molecule has 0 aromatic carbocycles. The molecule has 0 saturated heterocycles. The van der Waals surface area contributed by atoms with Crippen molar-refractivity contribution in [1.82, 2.24) is 0 Å². The molecule has 2 heteroatoms. The van der Waals surface area contributed by atoms with E-state index in [1.165, 1.54) is 32.1 Å². The van der Waals surface area contributed by atoms with Gasteiger partial charge in [-0.2, -0.15) is 0 Å². The molecule has 0 spiro atoms. The Kier molecular flexibility index (Phi) is 9.88. The highest BCUT2D eigenvalue weighted by atomic mass is 79.9. The van der Waals surface area contributed by atoms with E-state index in [2.05, 4.69) is 22.9 Å². The Morgan fingerprint density at radius 3 is 2.33 bits per heavy atom. The molecule has 0 aromatic heterocycles. The Labute approximate surface area is 85.0 Å². The van der Waals surface area contributed by atoms with Crippen LogP contribution in [0.3, 0.4) is 0 Å². The number of alkyl halides is 1. The minimum atomic E-state index is 0.282. The summed E-state index contributed by atoms with van der Waals surface area (Å²) in [5, 5.41) is 0.282. The van der Waals surface area contributed by atoms with Gasteiger partial charge in [0.1, 0.15) is 5.01 Å². The van der Waals surface area contributed by atoms with Crippen molar-refractivity contribution in [3.63, 3.8) is 0 Å². The summed E-state index contributed by atoms with van der Waals surface area (Å²) >= 11 is 3.48. The van der Waals surface area contributed by atoms with Gasteiger partial charge in [0, 0.05) is 6.61 Å². The Hall–Kier alpha value is 0.440. The quantitative estimate of drug-likeness (QED) is 0.456. The number of halogens is 1. The van der Waals surface area contributed by atoms with Crippen molar-refractivity contribution in [1.29, 1.82) is 0 Å². The molecule has 1 nitrogen and oxygen atoms in total. The second kappa shape index (κ2) is 9.53. The van der Waals surface area contributed by atoms with Crippen molar-refractivity contribution in [2.24, 2.45) is 0 Å². The van der Waals surface area contributed by atoms with Crippen LogP contribution in [0.15, 0.2) is 0 Å². The topological polar surface area (TPSA) is 9.23 Å². The molecule has 0 N–H and O–H groups in total. The van der Waals surface area contributed by atoms with Crippen molar-refractivity contribution in [2.75, 3.05) is 6.61 Å². The minimum absolute atomic E-state index is 0.282. The van der Waals surface area contributed by atoms with Crippen LogP contribution >= 0.6 is 15.9 Å². The Bertz CT molecular complexity index is 85.9. The first-order valence-corrected chi connectivity index (χ1v) is 5.98. The average molecular weight is 237 g/mol. The Morgan fingerprint density at radius 1 is 1.08 bits per heavy atom. The first-order chi connectivity index (χ1) is 5.81. The lowest BCUT2D eigenvalue weighted by Gasteiger charge is -2.08. The monoisotopic (exact) mass is 236 g/mol. The van der Waals surface area contributed by atoms with Gasteiger partial charge in [-0.15, -0.1) is 0 Å². The van der Waals surface area contributed by atoms with Gasteiger partial charge < -0.3 is 4.74 Å². The van der Waals surface area contributed by atoms with E-state index in [1.807, 2.05) is 6.92 Å². The lowest BCUT2D eigenvalue weighted by atomic mass is 10.1. The molecule has 0 saturated carbocycles. The molecule has 0 rings (SSSR count). The van der Waals surface area contributed by atoms with Crippen molar-refractivity contribution in [2.45, 2.75) is 57.4 Å². The van der Waals surface area contributed by atoms with Crippen molar-refractivity contribution in [3.8, 4) is 0 Å². The van der Waals surface area contributed by atoms with Crippen molar-refractivity contribution < 1.29 is 4.74 Å². The summed E-state index contributed by atoms with van der Waals surface area (Å²) in [7, 11) is 0. The van der Waals surface area contributed by atoms with E-state index in [4.69, 9.17) is 4.74 Å². The largest absolute Gasteiger partial charge is 0.367 e. The summed E-state index contributed by atoms with van der Waals surface area (Å²) in [6, 6.07) is 0. The smallest absolute Gasteiger partial charge is 0.112 e. The molecule has 0 heterocycles. The number of ether oxygens (including phenoxy) is 1. The van der Waals surface area contributed by atoms with E-state index in [1.54, 1.807) is 0 Å². The van der Waals surface area contributed by atoms with Crippen LogP contribution in [0.4, 0.5) is 0 Å². The number of hydrogen-bond donors (Lipinski definition) is 0. The van der Waals surface area contributed by atoms with Gasteiger partial charge in [-0.25, -0.2) is 0 Å². The van der Waals surface area contributed by atoms with Crippen LogP contribution in [-0.2, 0) is 4.74 Å². The second-order valence-electron chi connectivity index (χ2n) is 3.07. The fourth-order valence-electron chi connectivity index (χ4n) is 1.17. The molecule has 12 heavy (non-hydrogen) atoms. The minimum Gasteiger partial charge on any atom is -0.367 e. The van der Waals surface area contributed by atoms with E-state index >= 15 is 0 Å². The molecule has 0 radical (unpaired) electrons. The van der Waals surface area contributed by atoms with E-state index < -0.39 is 0 Å². The zero-order valence-corrected chi connectivity index (χ0v) is 9.90. The molecule has 0 aliphatic rings. The maximum atomic E-state index is 5.37. The number of hydrogen-bond acceptors (Lipinski definition) is 1. The average Bonchev–Trinajstić information content (AvgIpc) is 2.05. The van der Waals surface area contributed by atoms with Crippen LogP contribution < -0.4 is 0 Å². The Morgan fingerprint density at radius 2 is 1.75 bits per heavy atom. The summed E-state index contributed by atoms with van der Waals surface area (Å²) in [4.78, 5) is 0. The molecule has 74 valence electrons. The molecule has 0 aromatic rings. The SMILES string of the molecule is CCCCCCCC(Br)OCC. The molecule has 0 aliphatic carbocycles. The molecular formula is C10H21BrO. The fourth-order valence-corrected chi connectivity index (χ4v) is 1.76. The van der Waals surface area contributed by atoms with Crippen LogP contribution in [0.5, 0.6) is 0 Å². The molecule has 1 unspecified atom stereocenters. The highest BCUT2D eigenvalue weighted by molar-refractivity contribution is 9.09. The lowest BCUT2D eigenvalue weighted by Crippen LogP contribution is -2.03. The summed E-state index contributed by atoms with van der Waals surface area (Å²) in [5.41, 5.74) is 0. The van der Waals surface area contributed by atoms with Gasteiger partial charge in [-0.1, -0.05) is 48.5 Å². The highest BCUT2D eigenvalue weighted by Gasteiger charge is 2.01. The standard InChI is InChI=1S/C10H21BrO/c1-3-5-6-7-8-9-10(11)12-4-2/h10H,3-9H2,1-2H3. The maximum absolute atomic E-state index is 5.37. The predicted molar refractivity (Wildman–Crippen MR) is 57.7 cm³/mol. The third-order valence-corrected chi connectivity index (χ3v) is 2.60. The number of unbranched alkanes of at least 4 members (excludes halogenated alkanes) is 4. The fraction of sp³-hybridized carbons (Fsp3) is 1.00. The van der Waals surface area contributed by atoms with Gasteiger partial charge in [-0.05, 0) is 19.8 Å². The maximum Gasteiger partial charge on any atom is 0.112 e. The van der Waals surface area contributed by atoms with Crippen LogP contribution in [0.1, 0.15) is 52.4 Å². The lowest BCUT2D eigenvalue weighted by molar-refractivity contribution is 0.122. The van der Waals surface area contributed by atoms with Gasteiger partial charge in [0.25, 0.3) is 0 Å². The van der Waals surface area contributed by atoms with Crippen LogP contribution in [0, 0.1) is 0 Å². The zero-order valence-electron chi connectivity index (χ0n) is 8.31. The van der Waals surface area contributed by atoms with E-state index in [0.29, 0.717) is 0 Å². The predicted octanol–water partition coefficient (Wildman–Crippen LogP) is 4.10. The van der Waals surface area contributed by atoms with Crippen LogP contribution in [0.2, 0.25) is 0 Å².